The van der Waals surface area contributed by atoms with E-state index in [4.69, 9.17) is 0 Å². The van der Waals surface area contributed by atoms with Crippen molar-refractivity contribution in [1.82, 2.24) is 15.1 Å². The molecule has 1 saturated heterocycles. The number of halogens is 3. The van der Waals surface area contributed by atoms with Crippen molar-refractivity contribution in [2.45, 2.75) is 45.6 Å². The number of piperidine rings is 1. The second kappa shape index (κ2) is 9.30. The van der Waals surface area contributed by atoms with Crippen molar-refractivity contribution >= 4 is 6.03 Å². The molecule has 0 radical (unpaired) electrons. The molecule has 0 unspecified atom stereocenters. The van der Waals surface area contributed by atoms with Gasteiger partial charge in [-0.1, -0.05) is 25.1 Å². The van der Waals surface area contributed by atoms with Crippen LogP contribution >= 0.6 is 0 Å². The average Bonchev–Trinajstić information content (AvgIpc) is 2.55. The van der Waals surface area contributed by atoms with Crippen molar-refractivity contribution in [3.05, 3.63) is 29.8 Å². The minimum atomic E-state index is -4.77. The molecule has 0 aliphatic carbocycles. The number of rotatable bonds is 6. The lowest BCUT2D eigenvalue weighted by Crippen LogP contribution is -2.48. The largest absolute Gasteiger partial charge is 0.573 e. The van der Waals surface area contributed by atoms with Crippen molar-refractivity contribution in [3.63, 3.8) is 0 Å². The highest BCUT2D eigenvalue weighted by atomic mass is 19.4. The van der Waals surface area contributed by atoms with Crippen molar-refractivity contribution in [1.29, 1.82) is 0 Å². The van der Waals surface area contributed by atoms with E-state index in [1.165, 1.54) is 29.5 Å². The maximum absolute atomic E-state index is 12.5. The minimum Gasteiger partial charge on any atom is -0.405 e. The van der Waals surface area contributed by atoms with E-state index < -0.39 is 6.36 Å². The topological polar surface area (TPSA) is 44.8 Å². The number of para-hydroxylation sites is 1. The number of hydrogen-bond acceptors (Lipinski definition) is 3. The fraction of sp³-hybridized carbons (Fsp3) is 0.632. The number of carbonyl (C=O) groups excluding carboxylic acids is 1. The lowest BCUT2D eigenvalue weighted by atomic mass is 10.00. The van der Waals surface area contributed by atoms with E-state index in [1.807, 2.05) is 6.92 Å². The number of nitrogens with zero attached hydrogens (tertiary/aromatic N) is 2. The molecule has 0 aromatic heterocycles. The van der Waals surface area contributed by atoms with Crippen LogP contribution in [0.1, 0.15) is 32.3 Å². The molecule has 1 aliphatic heterocycles. The summed E-state index contributed by atoms with van der Waals surface area (Å²) in [5.41, 5.74) is 0.296. The van der Waals surface area contributed by atoms with Crippen molar-refractivity contribution in [3.8, 4) is 5.75 Å². The maximum Gasteiger partial charge on any atom is 0.573 e. The monoisotopic (exact) mass is 387 g/mol. The van der Waals surface area contributed by atoms with Crippen LogP contribution in [0.2, 0.25) is 0 Å². The Bertz CT molecular complexity index is 624. The quantitative estimate of drug-likeness (QED) is 0.807. The van der Waals surface area contributed by atoms with Gasteiger partial charge in [-0.25, -0.2) is 4.79 Å². The minimum absolute atomic E-state index is 0.0194. The summed E-state index contributed by atoms with van der Waals surface area (Å²) in [5, 5.41) is 2.91. The van der Waals surface area contributed by atoms with Gasteiger partial charge in [-0.05, 0) is 38.3 Å². The lowest BCUT2D eigenvalue weighted by molar-refractivity contribution is -0.275. The molecule has 1 heterocycles. The van der Waals surface area contributed by atoms with Crippen LogP contribution in [0.5, 0.6) is 5.75 Å². The third kappa shape index (κ3) is 7.28. The van der Waals surface area contributed by atoms with Gasteiger partial charge in [0.05, 0.1) is 6.54 Å². The number of likely N-dealkylation sites (tertiary alicyclic amines) is 1. The van der Waals surface area contributed by atoms with Gasteiger partial charge in [-0.15, -0.1) is 13.2 Å². The van der Waals surface area contributed by atoms with Crippen LogP contribution in [0, 0.1) is 5.92 Å². The van der Waals surface area contributed by atoms with Crippen molar-refractivity contribution in [2.24, 2.45) is 5.92 Å². The van der Waals surface area contributed by atoms with E-state index in [9.17, 15) is 18.0 Å². The fourth-order valence-corrected chi connectivity index (χ4v) is 3.39. The lowest BCUT2D eigenvalue weighted by Gasteiger charge is -2.33. The first-order valence-electron chi connectivity index (χ1n) is 9.21. The van der Waals surface area contributed by atoms with Gasteiger partial charge in [0.2, 0.25) is 0 Å². The SMILES string of the molecule is C[C@H]1CCCN(C[C@@H](C)NC(=O)N(C)Cc2ccccc2OC(F)(F)F)C1. The van der Waals surface area contributed by atoms with Crippen molar-refractivity contribution in [2.75, 3.05) is 26.7 Å². The van der Waals surface area contributed by atoms with Gasteiger partial charge in [-0.2, -0.15) is 0 Å². The number of hydrogen-bond donors (Lipinski definition) is 1. The Morgan fingerprint density at radius 3 is 2.78 bits per heavy atom. The van der Waals surface area contributed by atoms with Gasteiger partial charge in [0.1, 0.15) is 5.75 Å². The number of amides is 2. The molecule has 1 N–H and O–H groups in total. The van der Waals surface area contributed by atoms with Crippen LogP contribution in [0.3, 0.4) is 0 Å². The molecule has 1 aromatic carbocycles. The first-order valence-corrected chi connectivity index (χ1v) is 9.21. The Balaban J connectivity index is 1.88. The molecule has 0 bridgehead atoms. The van der Waals surface area contributed by atoms with Gasteiger partial charge in [0.15, 0.2) is 0 Å². The number of ether oxygens (including phenoxy) is 1. The molecule has 152 valence electrons. The summed E-state index contributed by atoms with van der Waals surface area (Å²) in [6.45, 7) is 7.00. The molecule has 2 atom stereocenters. The molecule has 0 saturated carbocycles. The first kappa shape index (κ1) is 21.3. The Morgan fingerprint density at radius 2 is 2.11 bits per heavy atom. The van der Waals surface area contributed by atoms with Gasteiger partial charge in [-0.3, -0.25) is 0 Å². The van der Waals surface area contributed by atoms with Crippen LogP contribution in [-0.4, -0.2) is 54.9 Å². The summed E-state index contributed by atoms with van der Waals surface area (Å²) in [5.74, 6) is 0.370. The van der Waals surface area contributed by atoms with Crippen LogP contribution in [0.25, 0.3) is 0 Å². The average molecular weight is 387 g/mol. The third-order valence-electron chi connectivity index (χ3n) is 4.60. The zero-order valence-electron chi connectivity index (χ0n) is 16.1. The Morgan fingerprint density at radius 1 is 1.41 bits per heavy atom. The number of nitrogens with one attached hydrogen (secondary N) is 1. The maximum atomic E-state index is 12.5. The molecule has 5 nitrogen and oxygen atoms in total. The van der Waals surface area contributed by atoms with Crippen LogP contribution < -0.4 is 10.1 Å². The highest BCUT2D eigenvalue weighted by Gasteiger charge is 2.32. The summed E-state index contributed by atoms with van der Waals surface area (Å²) in [6.07, 6.45) is -2.37. The molecule has 1 fully saturated rings. The highest BCUT2D eigenvalue weighted by molar-refractivity contribution is 5.74. The second-order valence-corrected chi connectivity index (χ2v) is 7.37. The summed E-state index contributed by atoms with van der Waals surface area (Å²) < 4.78 is 41.6. The van der Waals surface area contributed by atoms with Gasteiger partial charge in [0.25, 0.3) is 0 Å². The molecule has 2 amide bonds. The molecular formula is C19H28F3N3O2. The van der Waals surface area contributed by atoms with E-state index in [2.05, 4.69) is 21.9 Å². The first-order chi connectivity index (χ1) is 12.6. The van der Waals surface area contributed by atoms with E-state index in [0.29, 0.717) is 11.5 Å². The number of alkyl halides is 3. The van der Waals surface area contributed by atoms with E-state index in [1.54, 1.807) is 13.1 Å². The second-order valence-electron chi connectivity index (χ2n) is 7.37. The molecular weight excluding hydrogens is 359 g/mol. The van der Waals surface area contributed by atoms with E-state index in [0.717, 1.165) is 26.1 Å². The molecule has 27 heavy (non-hydrogen) atoms. The highest BCUT2D eigenvalue weighted by Crippen LogP contribution is 2.27. The zero-order chi connectivity index (χ0) is 20.0. The summed E-state index contributed by atoms with van der Waals surface area (Å²) in [7, 11) is 1.55. The Labute approximate surface area is 158 Å². The van der Waals surface area contributed by atoms with E-state index in [-0.39, 0.29) is 24.4 Å². The smallest absolute Gasteiger partial charge is 0.405 e. The van der Waals surface area contributed by atoms with Gasteiger partial charge in [0, 0.05) is 31.7 Å². The molecule has 0 spiro atoms. The number of benzene rings is 1. The summed E-state index contributed by atoms with van der Waals surface area (Å²) >= 11 is 0. The number of urea groups is 1. The molecule has 2 rings (SSSR count). The predicted molar refractivity (Wildman–Crippen MR) is 97.4 cm³/mol. The Kier molecular flexibility index (Phi) is 7.35. The van der Waals surface area contributed by atoms with Crippen LogP contribution in [0.15, 0.2) is 24.3 Å². The normalized spacial score (nSPS) is 19.4. The van der Waals surface area contributed by atoms with Gasteiger partial charge >= 0.3 is 12.4 Å². The zero-order valence-corrected chi connectivity index (χ0v) is 16.1. The molecule has 1 aliphatic rings. The predicted octanol–water partition coefficient (Wildman–Crippen LogP) is 3.85. The summed E-state index contributed by atoms with van der Waals surface area (Å²) in [6, 6.07) is 5.47. The fourth-order valence-electron chi connectivity index (χ4n) is 3.39. The molecule has 8 heteroatoms. The Hall–Kier alpha value is -1.96. The van der Waals surface area contributed by atoms with Crippen molar-refractivity contribution < 1.29 is 22.7 Å². The third-order valence-corrected chi connectivity index (χ3v) is 4.60. The summed E-state index contributed by atoms with van der Waals surface area (Å²) in [4.78, 5) is 16.1. The number of carbonyl (C=O) groups is 1. The van der Waals surface area contributed by atoms with Crippen LogP contribution in [0.4, 0.5) is 18.0 Å². The van der Waals surface area contributed by atoms with Gasteiger partial charge < -0.3 is 19.9 Å². The van der Waals surface area contributed by atoms with E-state index >= 15 is 0 Å². The molecule has 1 aromatic rings. The van der Waals surface area contributed by atoms with Crippen LogP contribution in [-0.2, 0) is 6.54 Å². The standard InChI is InChI=1S/C19H28F3N3O2/c1-14-7-6-10-25(11-14)12-15(2)23-18(26)24(3)13-16-8-4-5-9-17(16)27-19(20,21)22/h4-5,8-9,14-15H,6-7,10-13H2,1-3H3,(H,23,26)/t14-,15+/m0/s1.